The minimum Gasteiger partial charge on any atom is -0.398 e. The number of alkyl halides is 1. The quantitative estimate of drug-likeness (QED) is 0.619. The molecule has 0 atom stereocenters. The van der Waals surface area contributed by atoms with Gasteiger partial charge in [-0.1, -0.05) is 18.2 Å². The van der Waals surface area contributed by atoms with Crippen molar-refractivity contribution in [2.75, 3.05) is 5.73 Å². The smallest absolute Gasteiger partial charge is 0.132 e. The second-order valence-electron chi connectivity index (χ2n) is 5.13. The summed E-state index contributed by atoms with van der Waals surface area (Å²) in [5, 5.41) is 2.15. The van der Waals surface area contributed by atoms with Gasteiger partial charge < -0.3 is 10.7 Å². The maximum Gasteiger partial charge on any atom is 0.132 e. The largest absolute Gasteiger partial charge is 0.398 e. The van der Waals surface area contributed by atoms with E-state index in [1.165, 1.54) is 13.8 Å². The molecule has 0 aliphatic carbocycles. The molecule has 3 N–H and O–H groups in total. The van der Waals surface area contributed by atoms with Crippen LogP contribution in [0.25, 0.3) is 21.8 Å². The SMILES string of the molecule is CC(C)(F)c1cc2[nH]c3ccccc3c2cc1N. The molecule has 3 heteroatoms. The number of hydrogen-bond acceptors (Lipinski definition) is 1. The van der Waals surface area contributed by atoms with Crippen LogP contribution in [-0.4, -0.2) is 4.98 Å². The Morgan fingerprint density at radius 1 is 1.06 bits per heavy atom. The summed E-state index contributed by atoms with van der Waals surface area (Å²) < 4.78 is 14.1. The van der Waals surface area contributed by atoms with Crippen LogP contribution in [0.4, 0.5) is 10.1 Å². The Hall–Kier alpha value is -2.03. The Morgan fingerprint density at radius 2 is 1.78 bits per heavy atom. The zero-order chi connectivity index (χ0) is 12.9. The molecule has 2 nitrogen and oxygen atoms in total. The molecule has 0 spiro atoms. The number of rotatable bonds is 1. The van der Waals surface area contributed by atoms with Crippen LogP contribution in [-0.2, 0) is 5.67 Å². The van der Waals surface area contributed by atoms with E-state index in [4.69, 9.17) is 5.73 Å². The molecule has 2 aromatic carbocycles. The number of aromatic nitrogens is 1. The number of anilines is 1. The third kappa shape index (κ3) is 1.55. The first-order valence-electron chi connectivity index (χ1n) is 5.96. The van der Waals surface area contributed by atoms with Gasteiger partial charge in [0.05, 0.1) is 0 Å². The first-order chi connectivity index (χ1) is 8.47. The Bertz CT molecular complexity index is 735. The van der Waals surface area contributed by atoms with Crippen LogP contribution in [0.5, 0.6) is 0 Å². The summed E-state index contributed by atoms with van der Waals surface area (Å²) in [5.41, 5.74) is 7.53. The van der Waals surface area contributed by atoms with Gasteiger partial charge in [-0.2, -0.15) is 0 Å². The molecule has 1 aromatic heterocycles. The summed E-state index contributed by atoms with van der Waals surface area (Å²) in [6, 6.07) is 11.7. The van der Waals surface area contributed by atoms with Crippen molar-refractivity contribution in [3.63, 3.8) is 0 Å². The van der Waals surface area contributed by atoms with Crippen LogP contribution < -0.4 is 5.73 Å². The molecule has 0 saturated carbocycles. The molecule has 0 radical (unpaired) electrons. The molecular formula is C15H15FN2. The zero-order valence-corrected chi connectivity index (χ0v) is 10.4. The normalized spacial score (nSPS) is 12.4. The predicted molar refractivity (Wildman–Crippen MR) is 74.4 cm³/mol. The van der Waals surface area contributed by atoms with Crippen molar-refractivity contribution < 1.29 is 4.39 Å². The molecule has 0 fully saturated rings. The number of halogens is 1. The summed E-state index contributed by atoms with van der Waals surface area (Å²) in [5.74, 6) is 0. The molecule has 3 rings (SSSR count). The molecule has 0 aliphatic heterocycles. The number of nitrogens with one attached hydrogen (secondary N) is 1. The van der Waals surface area contributed by atoms with Gasteiger partial charge in [0.2, 0.25) is 0 Å². The van der Waals surface area contributed by atoms with Crippen LogP contribution in [0.3, 0.4) is 0 Å². The molecule has 0 unspecified atom stereocenters. The van der Waals surface area contributed by atoms with Gasteiger partial charge in [0.15, 0.2) is 0 Å². The van der Waals surface area contributed by atoms with Gasteiger partial charge in [0.25, 0.3) is 0 Å². The molecular weight excluding hydrogens is 227 g/mol. The summed E-state index contributed by atoms with van der Waals surface area (Å²) in [4.78, 5) is 3.30. The fraction of sp³-hybridized carbons (Fsp3) is 0.200. The van der Waals surface area contributed by atoms with Gasteiger partial charge in [-0.3, -0.25) is 0 Å². The fourth-order valence-electron chi connectivity index (χ4n) is 2.43. The maximum absolute atomic E-state index is 14.1. The number of hydrogen-bond donors (Lipinski definition) is 2. The van der Waals surface area contributed by atoms with Crippen LogP contribution in [0, 0.1) is 0 Å². The number of fused-ring (bicyclic) bond motifs is 3. The standard InChI is InChI=1S/C15H15FN2/c1-15(2,16)11-8-14-10(7-12(11)17)9-5-3-4-6-13(9)18-14/h3-8,18H,17H2,1-2H3. The summed E-state index contributed by atoms with van der Waals surface area (Å²) in [6.07, 6.45) is 0. The van der Waals surface area contributed by atoms with Gasteiger partial charge in [0.1, 0.15) is 5.67 Å². The van der Waals surface area contributed by atoms with Crippen LogP contribution in [0.15, 0.2) is 36.4 Å². The summed E-state index contributed by atoms with van der Waals surface area (Å²) >= 11 is 0. The Balaban J connectivity index is 2.40. The number of aromatic amines is 1. The molecule has 0 aliphatic rings. The number of para-hydroxylation sites is 1. The van der Waals surface area contributed by atoms with Gasteiger partial charge in [0, 0.05) is 33.1 Å². The van der Waals surface area contributed by atoms with Crippen molar-refractivity contribution in [2.24, 2.45) is 0 Å². The zero-order valence-electron chi connectivity index (χ0n) is 10.4. The lowest BCUT2D eigenvalue weighted by atomic mass is 9.96. The Morgan fingerprint density at radius 3 is 2.50 bits per heavy atom. The number of benzene rings is 2. The summed E-state index contributed by atoms with van der Waals surface area (Å²) in [6.45, 7) is 3.04. The minimum atomic E-state index is -1.43. The highest BCUT2D eigenvalue weighted by molar-refractivity contribution is 6.08. The predicted octanol–water partition coefficient (Wildman–Crippen LogP) is 4.11. The highest BCUT2D eigenvalue weighted by Gasteiger charge is 2.22. The van der Waals surface area contributed by atoms with E-state index < -0.39 is 5.67 Å². The Labute approximate surface area is 105 Å². The van der Waals surface area contributed by atoms with Crippen LogP contribution >= 0.6 is 0 Å². The molecule has 0 bridgehead atoms. The van der Waals surface area contributed by atoms with Crippen molar-refractivity contribution in [1.29, 1.82) is 0 Å². The van der Waals surface area contributed by atoms with Crippen molar-refractivity contribution in [1.82, 2.24) is 4.98 Å². The van der Waals surface area contributed by atoms with Crippen molar-refractivity contribution in [3.05, 3.63) is 42.0 Å². The van der Waals surface area contributed by atoms with Gasteiger partial charge in [-0.05, 0) is 32.0 Å². The number of nitrogen functional groups attached to an aromatic ring is 1. The average molecular weight is 242 g/mol. The van der Waals surface area contributed by atoms with Crippen molar-refractivity contribution in [2.45, 2.75) is 19.5 Å². The van der Waals surface area contributed by atoms with Crippen molar-refractivity contribution in [3.8, 4) is 0 Å². The summed E-state index contributed by atoms with van der Waals surface area (Å²) in [7, 11) is 0. The third-order valence-electron chi connectivity index (χ3n) is 3.32. The van der Waals surface area contributed by atoms with E-state index in [1.807, 2.05) is 36.4 Å². The monoisotopic (exact) mass is 242 g/mol. The second kappa shape index (κ2) is 3.48. The third-order valence-corrected chi connectivity index (χ3v) is 3.32. The highest BCUT2D eigenvalue weighted by atomic mass is 19.1. The van der Waals surface area contributed by atoms with Crippen molar-refractivity contribution >= 4 is 27.5 Å². The molecule has 3 aromatic rings. The maximum atomic E-state index is 14.1. The lowest BCUT2D eigenvalue weighted by Gasteiger charge is -2.17. The van der Waals surface area contributed by atoms with E-state index in [0.717, 1.165) is 21.8 Å². The first kappa shape index (κ1) is 11.1. The molecule has 0 amide bonds. The number of H-pyrrole nitrogens is 1. The van der Waals surface area contributed by atoms with Gasteiger partial charge in [-0.25, -0.2) is 4.39 Å². The highest BCUT2D eigenvalue weighted by Crippen LogP contribution is 2.35. The van der Waals surface area contributed by atoms with E-state index >= 15 is 0 Å². The van der Waals surface area contributed by atoms with E-state index in [9.17, 15) is 4.39 Å². The first-order valence-corrected chi connectivity index (χ1v) is 5.96. The molecule has 0 saturated heterocycles. The van der Waals surface area contributed by atoms with E-state index in [-0.39, 0.29) is 0 Å². The van der Waals surface area contributed by atoms with E-state index in [2.05, 4.69) is 4.98 Å². The van der Waals surface area contributed by atoms with Crippen LogP contribution in [0.1, 0.15) is 19.4 Å². The molecule has 18 heavy (non-hydrogen) atoms. The van der Waals surface area contributed by atoms with Crippen LogP contribution in [0.2, 0.25) is 0 Å². The van der Waals surface area contributed by atoms with E-state index in [1.54, 1.807) is 0 Å². The molecule has 1 heterocycles. The van der Waals surface area contributed by atoms with Gasteiger partial charge >= 0.3 is 0 Å². The fourth-order valence-corrected chi connectivity index (χ4v) is 2.43. The number of nitrogens with two attached hydrogens (primary N) is 1. The lowest BCUT2D eigenvalue weighted by Crippen LogP contribution is -2.11. The lowest BCUT2D eigenvalue weighted by molar-refractivity contribution is 0.223. The molecule has 92 valence electrons. The second-order valence-corrected chi connectivity index (χ2v) is 5.13. The topological polar surface area (TPSA) is 41.8 Å². The van der Waals surface area contributed by atoms with E-state index in [0.29, 0.717) is 11.3 Å². The Kier molecular flexibility index (Phi) is 2.14. The average Bonchev–Trinajstić information content (AvgIpc) is 2.65. The van der Waals surface area contributed by atoms with Gasteiger partial charge in [-0.15, -0.1) is 0 Å². The minimum absolute atomic E-state index is 0.500.